The zero-order chi connectivity index (χ0) is 14.5. The molecule has 7 nitrogen and oxygen atoms in total. The van der Waals surface area contributed by atoms with Crippen LogP contribution in [0.1, 0.15) is 27.2 Å². The van der Waals surface area contributed by atoms with E-state index in [1.165, 1.54) is 11.9 Å². The number of carbonyl (C=O) groups excluding carboxylic acids is 1. The summed E-state index contributed by atoms with van der Waals surface area (Å²) < 4.78 is 0. The van der Waals surface area contributed by atoms with Crippen LogP contribution in [0.5, 0.6) is 0 Å². The molecule has 3 N–H and O–H groups in total. The van der Waals surface area contributed by atoms with Gasteiger partial charge in [0.05, 0.1) is 6.42 Å². The van der Waals surface area contributed by atoms with E-state index in [2.05, 4.69) is 5.32 Å². The molecule has 1 atom stereocenters. The van der Waals surface area contributed by atoms with Crippen LogP contribution in [0, 0.1) is 5.41 Å². The molecule has 0 aliphatic carbocycles. The van der Waals surface area contributed by atoms with Crippen LogP contribution in [-0.2, 0) is 9.59 Å². The molecule has 0 spiro atoms. The van der Waals surface area contributed by atoms with Crippen LogP contribution < -0.4 is 5.32 Å². The Kier molecular flexibility index (Phi) is 5.61. The predicted octanol–water partition coefficient (Wildman–Crippen LogP) is 0.602. The van der Waals surface area contributed by atoms with Crippen molar-refractivity contribution in [3.05, 3.63) is 0 Å². The van der Waals surface area contributed by atoms with Crippen molar-refractivity contribution < 1.29 is 24.6 Å². The van der Waals surface area contributed by atoms with Crippen molar-refractivity contribution in [1.29, 1.82) is 0 Å². The minimum absolute atomic E-state index is 0.127. The van der Waals surface area contributed by atoms with Crippen molar-refractivity contribution in [2.45, 2.75) is 33.2 Å². The molecular weight excluding hydrogens is 240 g/mol. The highest BCUT2D eigenvalue weighted by Gasteiger charge is 2.25. The maximum Gasteiger partial charge on any atom is 0.326 e. The largest absolute Gasteiger partial charge is 0.481 e. The second-order valence-electron chi connectivity index (χ2n) is 5.35. The average molecular weight is 260 g/mol. The third kappa shape index (κ3) is 6.72. The first-order chi connectivity index (χ1) is 8.03. The molecule has 0 aromatic rings. The van der Waals surface area contributed by atoms with Gasteiger partial charge in [-0.25, -0.2) is 9.59 Å². The molecule has 2 amide bonds. The molecule has 0 heterocycles. The fourth-order valence-corrected chi connectivity index (χ4v) is 1.42. The number of urea groups is 1. The van der Waals surface area contributed by atoms with E-state index in [1.54, 1.807) is 0 Å². The Bertz CT molecular complexity index is 335. The summed E-state index contributed by atoms with van der Waals surface area (Å²) >= 11 is 0. The molecule has 0 radical (unpaired) electrons. The van der Waals surface area contributed by atoms with Crippen LogP contribution >= 0.6 is 0 Å². The van der Waals surface area contributed by atoms with E-state index in [4.69, 9.17) is 10.2 Å². The van der Waals surface area contributed by atoms with Crippen molar-refractivity contribution >= 4 is 18.0 Å². The highest BCUT2D eigenvalue weighted by Crippen LogP contribution is 2.14. The number of hydrogen-bond acceptors (Lipinski definition) is 3. The Morgan fingerprint density at radius 1 is 1.22 bits per heavy atom. The average Bonchev–Trinajstić information content (AvgIpc) is 2.12. The molecular formula is C11H20N2O5. The van der Waals surface area contributed by atoms with Gasteiger partial charge in [0.1, 0.15) is 6.04 Å². The van der Waals surface area contributed by atoms with Gasteiger partial charge in [0.25, 0.3) is 0 Å². The summed E-state index contributed by atoms with van der Waals surface area (Å²) in [5, 5.41) is 19.5. The highest BCUT2D eigenvalue weighted by atomic mass is 16.4. The number of carboxylic acids is 2. The Balaban J connectivity index is 4.50. The van der Waals surface area contributed by atoms with E-state index in [1.807, 2.05) is 20.8 Å². The van der Waals surface area contributed by atoms with Gasteiger partial charge in [0.2, 0.25) is 0 Å². The van der Waals surface area contributed by atoms with E-state index in [0.29, 0.717) is 6.54 Å². The first-order valence-corrected chi connectivity index (χ1v) is 5.49. The standard InChI is InChI=1S/C11H20N2O5/c1-11(2,3)6-13(4)10(18)12-7(9(16)17)5-8(14)15/h7H,5-6H2,1-4H3,(H,12,18)(H,14,15)(H,16,17)/t7-/m1/s1. The van der Waals surface area contributed by atoms with Crippen molar-refractivity contribution in [3.63, 3.8) is 0 Å². The van der Waals surface area contributed by atoms with Crippen molar-refractivity contribution in [2.75, 3.05) is 13.6 Å². The van der Waals surface area contributed by atoms with Crippen molar-refractivity contribution in [2.24, 2.45) is 5.41 Å². The lowest BCUT2D eigenvalue weighted by atomic mass is 9.96. The summed E-state index contributed by atoms with van der Waals surface area (Å²) in [6.07, 6.45) is -0.648. The first-order valence-electron chi connectivity index (χ1n) is 5.49. The lowest BCUT2D eigenvalue weighted by Crippen LogP contribution is -2.49. The molecule has 0 unspecified atom stereocenters. The summed E-state index contributed by atoms with van der Waals surface area (Å²) in [4.78, 5) is 34.3. The number of aliphatic carboxylic acids is 2. The van der Waals surface area contributed by atoms with Crippen molar-refractivity contribution in [3.8, 4) is 0 Å². The SMILES string of the molecule is CN(CC(C)(C)C)C(=O)N[C@H](CC(=O)O)C(=O)O. The third-order valence-corrected chi connectivity index (χ3v) is 2.03. The van der Waals surface area contributed by atoms with Gasteiger partial charge in [-0.1, -0.05) is 20.8 Å². The normalized spacial score (nSPS) is 12.7. The monoisotopic (exact) mass is 260 g/mol. The van der Waals surface area contributed by atoms with Crippen molar-refractivity contribution in [1.82, 2.24) is 10.2 Å². The Labute approximate surface area is 106 Å². The number of carbonyl (C=O) groups is 3. The topological polar surface area (TPSA) is 107 Å². The van der Waals surface area contributed by atoms with Gasteiger partial charge in [-0.05, 0) is 5.41 Å². The lowest BCUT2D eigenvalue weighted by Gasteiger charge is -2.27. The number of amides is 2. The minimum atomic E-state index is -1.42. The van der Waals surface area contributed by atoms with E-state index < -0.39 is 30.4 Å². The molecule has 0 aliphatic rings. The van der Waals surface area contributed by atoms with Gasteiger partial charge in [0, 0.05) is 13.6 Å². The summed E-state index contributed by atoms with van der Waals surface area (Å²) in [6.45, 7) is 6.23. The molecule has 0 fully saturated rings. The van der Waals surface area contributed by atoms with Gasteiger partial charge in [-0.3, -0.25) is 4.79 Å². The molecule has 0 saturated carbocycles. The zero-order valence-electron chi connectivity index (χ0n) is 11.1. The van der Waals surface area contributed by atoms with Crippen LogP contribution in [0.25, 0.3) is 0 Å². The number of carboxylic acid groups (broad SMARTS) is 2. The summed E-state index contributed by atoms with van der Waals surface area (Å²) in [6, 6.07) is -2.02. The molecule has 0 aliphatic heterocycles. The number of hydrogen-bond donors (Lipinski definition) is 3. The van der Waals surface area contributed by atoms with E-state index >= 15 is 0 Å². The summed E-state index contributed by atoms with van der Waals surface area (Å²) in [7, 11) is 1.53. The summed E-state index contributed by atoms with van der Waals surface area (Å²) in [5.41, 5.74) is -0.127. The van der Waals surface area contributed by atoms with Crippen LogP contribution in [0.3, 0.4) is 0 Å². The fraction of sp³-hybridized carbons (Fsp3) is 0.727. The quantitative estimate of drug-likeness (QED) is 0.671. The van der Waals surface area contributed by atoms with E-state index in [9.17, 15) is 14.4 Å². The van der Waals surface area contributed by atoms with Crippen LogP contribution in [0.4, 0.5) is 4.79 Å². The van der Waals surface area contributed by atoms with Gasteiger partial charge in [-0.15, -0.1) is 0 Å². The molecule has 0 rings (SSSR count). The third-order valence-electron chi connectivity index (χ3n) is 2.03. The van der Waals surface area contributed by atoms with Crippen LogP contribution in [0.15, 0.2) is 0 Å². The molecule has 18 heavy (non-hydrogen) atoms. The number of rotatable bonds is 5. The van der Waals surface area contributed by atoms with E-state index in [0.717, 1.165) is 0 Å². The number of nitrogens with zero attached hydrogens (tertiary/aromatic N) is 1. The Morgan fingerprint density at radius 2 is 1.72 bits per heavy atom. The molecule has 0 bridgehead atoms. The smallest absolute Gasteiger partial charge is 0.326 e. The minimum Gasteiger partial charge on any atom is -0.481 e. The Hall–Kier alpha value is -1.79. The van der Waals surface area contributed by atoms with E-state index in [-0.39, 0.29) is 5.41 Å². The van der Waals surface area contributed by atoms with Crippen LogP contribution in [-0.4, -0.2) is 52.7 Å². The molecule has 0 aromatic carbocycles. The van der Waals surface area contributed by atoms with Crippen LogP contribution in [0.2, 0.25) is 0 Å². The molecule has 104 valence electrons. The zero-order valence-corrected chi connectivity index (χ0v) is 11.1. The van der Waals surface area contributed by atoms with Gasteiger partial charge in [-0.2, -0.15) is 0 Å². The summed E-state index contributed by atoms with van der Waals surface area (Å²) in [5.74, 6) is -2.64. The molecule has 0 saturated heterocycles. The second kappa shape index (κ2) is 6.23. The highest BCUT2D eigenvalue weighted by molar-refractivity contribution is 5.86. The maximum atomic E-state index is 11.7. The van der Waals surface area contributed by atoms with Gasteiger partial charge in [0.15, 0.2) is 0 Å². The first kappa shape index (κ1) is 16.2. The second-order valence-corrected chi connectivity index (χ2v) is 5.35. The Morgan fingerprint density at radius 3 is 2.06 bits per heavy atom. The predicted molar refractivity (Wildman–Crippen MR) is 64.3 cm³/mol. The molecule has 0 aromatic heterocycles. The van der Waals surface area contributed by atoms with Gasteiger partial charge < -0.3 is 20.4 Å². The maximum absolute atomic E-state index is 11.7. The fourth-order valence-electron chi connectivity index (χ4n) is 1.42. The molecule has 7 heteroatoms. The number of nitrogens with one attached hydrogen (secondary N) is 1. The lowest BCUT2D eigenvalue weighted by molar-refractivity contribution is -0.145. The van der Waals surface area contributed by atoms with Gasteiger partial charge >= 0.3 is 18.0 Å².